The Morgan fingerprint density at radius 3 is 2.06 bits per heavy atom. The lowest BCUT2D eigenvalue weighted by atomic mass is 9.83. The third-order valence-electron chi connectivity index (χ3n) is 10.3. The molecule has 0 amide bonds. The third kappa shape index (κ3) is 6.13. The van der Waals surface area contributed by atoms with Crippen molar-refractivity contribution in [2.24, 2.45) is 5.92 Å². The van der Waals surface area contributed by atoms with Crippen molar-refractivity contribution in [1.29, 1.82) is 0 Å². The van der Waals surface area contributed by atoms with E-state index in [1.54, 1.807) is 0 Å². The van der Waals surface area contributed by atoms with E-state index in [1.165, 1.54) is 55.4 Å². The first-order chi connectivity index (χ1) is 23.1. The van der Waals surface area contributed by atoms with Gasteiger partial charge in [-0.25, -0.2) is 0 Å². The van der Waals surface area contributed by atoms with E-state index in [0.717, 1.165) is 12.8 Å². The van der Waals surface area contributed by atoms with Crippen LogP contribution in [0.3, 0.4) is 0 Å². The molecule has 2 unspecified atom stereocenters. The zero-order valence-electron chi connectivity index (χ0n) is 29.3. The second-order valence-electron chi connectivity index (χ2n) is 15.1. The topological polar surface area (TPSA) is 6.48 Å². The molecule has 2 atom stereocenters. The molecule has 242 valence electrons. The Morgan fingerprint density at radius 2 is 1.35 bits per heavy atom. The third-order valence-corrected chi connectivity index (χ3v) is 10.3. The average molecular weight is 629 g/mol. The number of nitrogens with zero attached hydrogens (tertiary/aromatic N) is 2. The molecular weight excluding hydrogens is 581 g/mol. The van der Waals surface area contributed by atoms with Gasteiger partial charge in [-0.15, -0.1) is 0 Å². The maximum absolute atomic E-state index is 2.60. The summed E-state index contributed by atoms with van der Waals surface area (Å²) in [7, 11) is 0. The van der Waals surface area contributed by atoms with Gasteiger partial charge in [-0.2, -0.15) is 0 Å². The van der Waals surface area contributed by atoms with Gasteiger partial charge in [0.2, 0.25) is 0 Å². The first-order valence-corrected chi connectivity index (χ1v) is 17.5. The average Bonchev–Trinajstić information content (AvgIpc) is 3.09. The van der Waals surface area contributed by atoms with Crippen molar-refractivity contribution >= 4 is 32.9 Å². The molecule has 2 aliphatic rings. The van der Waals surface area contributed by atoms with Crippen molar-refractivity contribution in [2.75, 3.05) is 9.80 Å². The van der Waals surface area contributed by atoms with Crippen LogP contribution < -0.4 is 9.80 Å². The fourth-order valence-corrected chi connectivity index (χ4v) is 7.54. The molecule has 5 aromatic rings. The van der Waals surface area contributed by atoms with Crippen molar-refractivity contribution in [2.45, 2.75) is 71.4 Å². The van der Waals surface area contributed by atoms with Crippen LogP contribution in [0.4, 0.5) is 11.4 Å². The molecule has 0 saturated heterocycles. The van der Waals surface area contributed by atoms with Crippen molar-refractivity contribution in [3.63, 3.8) is 0 Å². The minimum Gasteiger partial charge on any atom is -0.337 e. The highest BCUT2D eigenvalue weighted by atomic mass is 15.2. The molecule has 5 aromatic carbocycles. The van der Waals surface area contributed by atoms with E-state index in [1.807, 2.05) is 0 Å². The predicted octanol–water partition coefficient (Wildman–Crippen LogP) is 12.2. The maximum atomic E-state index is 2.60. The second-order valence-corrected chi connectivity index (χ2v) is 15.1. The number of rotatable bonds is 7. The van der Waals surface area contributed by atoms with E-state index in [-0.39, 0.29) is 17.0 Å². The van der Waals surface area contributed by atoms with Crippen LogP contribution in [-0.2, 0) is 11.0 Å². The van der Waals surface area contributed by atoms with Crippen LogP contribution >= 0.6 is 0 Å². The van der Waals surface area contributed by atoms with Crippen LogP contribution in [0.15, 0.2) is 157 Å². The van der Waals surface area contributed by atoms with Gasteiger partial charge in [-0.1, -0.05) is 143 Å². The minimum absolute atomic E-state index is 0.113. The Morgan fingerprint density at radius 1 is 0.667 bits per heavy atom. The Bertz CT molecular complexity index is 2060. The summed E-state index contributed by atoms with van der Waals surface area (Å²) >= 11 is 0. The van der Waals surface area contributed by atoms with Crippen molar-refractivity contribution in [1.82, 2.24) is 0 Å². The first-order valence-electron chi connectivity index (χ1n) is 17.5. The molecule has 0 aromatic heterocycles. The standard InChI is InChI=1S/C46H48N2/c1-33-13-11-18-41(31-33)47(44-20-12-17-35-15-9-10-19-43(35)44)39-27-29-40(30-28-39)48(42-26-21-34-14-7-8-16-36(34)32-42)46(5,6)38-24-22-37(23-25-38)45(2,3)4/h7-27,29-30,32-33,39H,28,31H2,1-6H3. The lowest BCUT2D eigenvalue weighted by molar-refractivity contribution is 0.517. The van der Waals surface area contributed by atoms with Crippen molar-refractivity contribution in [3.8, 4) is 0 Å². The predicted molar refractivity (Wildman–Crippen MR) is 208 cm³/mol. The van der Waals surface area contributed by atoms with Gasteiger partial charge < -0.3 is 9.80 Å². The number of hydrogen-bond donors (Lipinski definition) is 0. The lowest BCUT2D eigenvalue weighted by Gasteiger charge is -2.44. The fraction of sp³-hybridized carbons (Fsp3) is 0.261. The van der Waals surface area contributed by atoms with Gasteiger partial charge in [0.1, 0.15) is 0 Å². The summed E-state index contributed by atoms with van der Waals surface area (Å²) in [4.78, 5) is 5.15. The highest BCUT2D eigenvalue weighted by Crippen LogP contribution is 2.41. The van der Waals surface area contributed by atoms with Gasteiger partial charge in [0, 0.05) is 28.2 Å². The second kappa shape index (κ2) is 12.7. The molecule has 0 spiro atoms. The fourth-order valence-electron chi connectivity index (χ4n) is 7.54. The molecule has 2 nitrogen and oxygen atoms in total. The summed E-state index contributed by atoms with van der Waals surface area (Å²) in [5.74, 6) is 0.509. The quantitative estimate of drug-likeness (QED) is 0.177. The molecule has 7 rings (SSSR count). The molecule has 48 heavy (non-hydrogen) atoms. The molecule has 0 aliphatic heterocycles. The zero-order chi connectivity index (χ0) is 33.5. The summed E-state index contributed by atoms with van der Waals surface area (Å²) in [5, 5.41) is 5.09. The molecule has 0 bridgehead atoms. The molecule has 0 radical (unpaired) electrons. The number of anilines is 2. The zero-order valence-corrected chi connectivity index (χ0v) is 29.3. The lowest BCUT2D eigenvalue weighted by Crippen LogP contribution is -2.42. The van der Waals surface area contributed by atoms with Crippen LogP contribution in [0, 0.1) is 5.92 Å². The van der Waals surface area contributed by atoms with Gasteiger partial charge in [-0.05, 0) is 95.7 Å². The van der Waals surface area contributed by atoms with E-state index in [9.17, 15) is 0 Å². The minimum atomic E-state index is -0.302. The van der Waals surface area contributed by atoms with E-state index in [4.69, 9.17) is 0 Å². The van der Waals surface area contributed by atoms with Crippen LogP contribution in [0.1, 0.15) is 65.5 Å². The van der Waals surface area contributed by atoms with Crippen LogP contribution in [0.5, 0.6) is 0 Å². The Kier molecular flexibility index (Phi) is 8.37. The van der Waals surface area contributed by atoms with Crippen LogP contribution in [0.25, 0.3) is 21.5 Å². The number of hydrogen-bond acceptors (Lipinski definition) is 2. The normalized spacial score (nSPS) is 18.1. The summed E-state index contributed by atoms with van der Waals surface area (Å²) in [6.45, 7) is 13.9. The summed E-state index contributed by atoms with van der Waals surface area (Å²) < 4.78 is 0. The van der Waals surface area contributed by atoms with E-state index < -0.39 is 0 Å². The van der Waals surface area contributed by atoms with E-state index >= 15 is 0 Å². The van der Waals surface area contributed by atoms with Crippen molar-refractivity contribution < 1.29 is 0 Å². The van der Waals surface area contributed by atoms with Gasteiger partial charge >= 0.3 is 0 Å². The Hall–Kier alpha value is -4.82. The van der Waals surface area contributed by atoms with Crippen LogP contribution in [-0.4, -0.2) is 6.04 Å². The van der Waals surface area contributed by atoms with Gasteiger partial charge in [-0.3, -0.25) is 0 Å². The van der Waals surface area contributed by atoms with E-state index in [2.05, 4.69) is 197 Å². The smallest absolute Gasteiger partial charge is 0.0646 e. The Balaban J connectivity index is 1.30. The van der Waals surface area contributed by atoms with Gasteiger partial charge in [0.25, 0.3) is 0 Å². The number of benzene rings is 5. The monoisotopic (exact) mass is 628 g/mol. The largest absolute Gasteiger partial charge is 0.337 e. The van der Waals surface area contributed by atoms with Crippen molar-refractivity contribution in [3.05, 3.63) is 168 Å². The Labute approximate surface area is 287 Å². The number of allylic oxidation sites excluding steroid dienone is 5. The van der Waals surface area contributed by atoms with E-state index in [0.29, 0.717) is 5.92 Å². The summed E-state index contributed by atoms with van der Waals surface area (Å²) in [5.41, 5.74) is 7.55. The highest BCUT2D eigenvalue weighted by molar-refractivity contribution is 5.95. The molecule has 2 heteroatoms. The maximum Gasteiger partial charge on any atom is 0.0646 e. The molecule has 2 aliphatic carbocycles. The highest BCUT2D eigenvalue weighted by Gasteiger charge is 2.33. The van der Waals surface area contributed by atoms with Gasteiger partial charge in [0.15, 0.2) is 0 Å². The number of fused-ring (bicyclic) bond motifs is 2. The molecule has 0 saturated carbocycles. The van der Waals surface area contributed by atoms with Gasteiger partial charge in [0.05, 0.1) is 11.6 Å². The van der Waals surface area contributed by atoms with Crippen LogP contribution in [0.2, 0.25) is 0 Å². The first kappa shape index (κ1) is 31.8. The molecule has 0 heterocycles. The molecule has 0 N–H and O–H groups in total. The SMILES string of the molecule is CC1C=CC=C(N(c2cccc3ccccc23)C2C=CC(N(c3ccc4ccccc4c3)C(C)(C)c3ccc(C(C)(C)C)cc3)=CC2)C1. The summed E-state index contributed by atoms with van der Waals surface area (Å²) in [6, 6.07) is 40.6. The molecule has 0 fully saturated rings. The summed E-state index contributed by atoms with van der Waals surface area (Å²) in [6.07, 6.45) is 16.1. The molecular formula is C46H48N2.